The molecular formula is C21H23ClF2N4O3. The van der Waals surface area contributed by atoms with Crippen LogP contribution in [0.15, 0.2) is 23.0 Å². The van der Waals surface area contributed by atoms with Gasteiger partial charge in [-0.05, 0) is 30.0 Å². The van der Waals surface area contributed by atoms with E-state index in [0.29, 0.717) is 17.7 Å². The van der Waals surface area contributed by atoms with Crippen molar-refractivity contribution in [1.82, 2.24) is 15.0 Å². The molecule has 0 radical (unpaired) electrons. The van der Waals surface area contributed by atoms with Gasteiger partial charge in [-0.3, -0.25) is 9.78 Å². The number of aromatic nitrogens is 3. The van der Waals surface area contributed by atoms with Gasteiger partial charge in [0.1, 0.15) is 6.04 Å². The van der Waals surface area contributed by atoms with Gasteiger partial charge in [-0.25, -0.2) is 18.6 Å². The fraction of sp³-hybridized carbons (Fsp3) is 0.381. The lowest BCUT2D eigenvalue weighted by Crippen LogP contribution is -2.37. The van der Waals surface area contributed by atoms with Gasteiger partial charge >= 0.3 is 11.7 Å². The number of imidazole rings is 1. The third kappa shape index (κ3) is 4.62. The number of nitrogens with one attached hydrogen (secondary N) is 2. The number of nitrogens with two attached hydrogens (primary N) is 1. The molecule has 7 nitrogen and oxygen atoms in total. The Bertz CT molecular complexity index is 1180. The molecule has 0 amide bonds. The molecule has 10 heteroatoms. The fourth-order valence-corrected chi connectivity index (χ4v) is 3.58. The molecular weight excluding hydrogens is 430 g/mol. The predicted molar refractivity (Wildman–Crippen MR) is 114 cm³/mol. The molecule has 0 unspecified atom stereocenters. The van der Waals surface area contributed by atoms with Gasteiger partial charge in [0.25, 0.3) is 0 Å². The smallest absolute Gasteiger partial charge is 0.325 e. The molecule has 166 valence electrons. The predicted octanol–water partition coefficient (Wildman–Crippen LogP) is 3.87. The van der Waals surface area contributed by atoms with Crippen LogP contribution < -0.4 is 11.4 Å². The van der Waals surface area contributed by atoms with E-state index in [-0.39, 0.29) is 34.3 Å². The highest BCUT2D eigenvalue weighted by molar-refractivity contribution is 6.35. The number of pyridine rings is 1. The highest BCUT2D eigenvalue weighted by Gasteiger charge is 2.26. The van der Waals surface area contributed by atoms with E-state index in [1.807, 2.05) is 20.8 Å². The third-order valence-electron chi connectivity index (χ3n) is 5.14. The second-order valence-electron chi connectivity index (χ2n) is 7.62. The summed E-state index contributed by atoms with van der Waals surface area (Å²) >= 11 is 6.65. The normalized spacial score (nSPS) is 13.5. The molecule has 0 aliphatic heterocycles. The average molecular weight is 453 g/mol. The maximum absolute atomic E-state index is 13.9. The summed E-state index contributed by atoms with van der Waals surface area (Å²) in [6, 6.07) is 2.57. The van der Waals surface area contributed by atoms with Gasteiger partial charge in [-0.2, -0.15) is 0 Å². The van der Waals surface area contributed by atoms with Crippen molar-refractivity contribution in [2.75, 3.05) is 6.61 Å². The van der Waals surface area contributed by atoms with E-state index in [9.17, 15) is 18.4 Å². The van der Waals surface area contributed by atoms with E-state index < -0.39 is 35.3 Å². The van der Waals surface area contributed by atoms with Crippen LogP contribution in [-0.4, -0.2) is 33.6 Å². The molecule has 4 N–H and O–H groups in total. The first-order valence-corrected chi connectivity index (χ1v) is 10.2. The number of H-pyrrole nitrogens is 2. The van der Waals surface area contributed by atoms with Crippen molar-refractivity contribution in [3.8, 4) is 11.1 Å². The zero-order valence-corrected chi connectivity index (χ0v) is 18.0. The Hall–Kier alpha value is -2.78. The summed E-state index contributed by atoms with van der Waals surface area (Å²) in [5.74, 6) is -3.10. The van der Waals surface area contributed by atoms with Crippen LogP contribution in [0.25, 0.3) is 22.3 Å². The minimum Gasteiger partial charge on any atom is -0.464 e. The number of aromatic amines is 2. The van der Waals surface area contributed by atoms with Crippen LogP contribution in [0.3, 0.4) is 0 Å². The number of nitrogens with zero attached hydrogens (tertiary/aromatic N) is 1. The van der Waals surface area contributed by atoms with Crippen molar-refractivity contribution in [3.63, 3.8) is 0 Å². The number of ether oxygens (including phenoxy) is 1. The second kappa shape index (κ2) is 9.15. The van der Waals surface area contributed by atoms with Gasteiger partial charge in [-0.15, -0.1) is 0 Å². The number of carbonyl (C=O) groups is 1. The molecule has 0 aliphatic rings. The van der Waals surface area contributed by atoms with Gasteiger partial charge in [0, 0.05) is 11.5 Å². The third-order valence-corrected chi connectivity index (χ3v) is 5.52. The van der Waals surface area contributed by atoms with Gasteiger partial charge < -0.3 is 15.5 Å². The molecule has 2 aromatic heterocycles. The first-order valence-electron chi connectivity index (χ1n) is 9.83. The summed E-state index contributed by atoms with van der Waals surface area (Å²) in [5, 5.41) is 0.143. The number of fused-ring (bicyclic) bond motifs is 1. The van der Waals surface area contributed by atoms with Crippen molar-refractivity contribution in [2.24, 2.45) is 11.7 Å². The Labute approximate surface area is 182 Å². The molecule has 31 heavy (non-hydrogen) atoms. The first kappa shape index (κ1) is 22.9. The lowest BCUT2D eigenvalue weighted by molar-refractivity contribution is -0.146. The molecule has 3 aromatic rings. The van der Waals surface area contributed by atoms with Gasteiger partial charge in [0.05, 0.1) is 22.8 Å². The Kier molecular flexibility index (Phi) is 6.76. The maximum Gasteiger partial charge on any atom is 0.325 e. The summed E-state index contributed by atoms with van der Waals surface area (Å²) in [7, 11) is 0. The molecule has 2 heterocycles. The van der Waals surface area contributed by atoms with E-state index in [1.165, 1.54) is 6.07 Å². The molecule has 0 aliphatic carbocycles. The van der Waals surface area contributed by atoms with Crippen molar-refractivity contribution in [3.05, 3.63) is 51.0 Å². The van der Waals surface area contributed by atoms with Crippen LogP contribution in [0, 0.1) is 17.6 Å². The monoisotopic (exact) mass is 452 g/mol. The fourth-order valence-electron chi connectivity index (χ4n) is 3.18. The highest BCUT2D eigenvalue weighted by Crippen LogP contribution is 2.38. The maximum atomic E-state index is 13.9. The number of rotatable bonds is 7. The second-order valence-corrected chi connectivity index (χ2v) is 8.00. The Balaban J connectivity index is 2.08. The van der Waals surface area contributed by atoms with Crippen LogP contribution in [0.1, 0.15) is 38.8 Å². The molecule has 0 saturated carbocycles. The highest BCUT2D eigenvalue weighted by atomic mass is 35.5. The zero-order valence-electron chi connectivity index (χ0n) is 17.3. The Morgan fingerprint density at radius 3 is 2.58 bits per heavy atom. The number of benzene rings is 1. The van der Waals surface area contributed by atoms with Crippen LogP contribution in [0.2, 0.25) is 5.02 Å². The van der Waals surface area contributed by atoms with Crippen LogP contribution in [0.5, 0.6) is 0 Å². The van der Waals surface area contributed by atoms with E-state index >= 15 is 0 Å². The minimum absolute atomic E-state index is 0.0279. The average Bonchev–Trinajstić information content (AvgIpc) is 3.09. The molecule has 0 fully saturated rings. The lowest BCUT2D eigenvalue weighted by Gasteiger charge is -2.20. The first-order chi connectivity index (χ1) is 14.6. The van der Waals surface area contributed by atoms with Crippen LogP contribution in [0.4, 0.5) is 8.78 Å². The van der Waals surface area contributed by atoms with E-state index in [4.69, 9.17) is 22.1 Å². The molecule has 0 bridgehead atoms. The number of halogens is 3. The standard InChI is InChI=1S/C21H23ClF2N4O3/c1-4-10(8-31-20(29)16(25)9(2)3)17-15(22)14(11-5-6-12(23)13(24)7-11)18-19(26-17)28-21(30)27-18/h5-7,9-10,16H,4,8,25H2,1-3H3,(H2,26,27,28,30)/t10-,16+/m1/s1. The summed E-state index contributed by atoms with van der Waals surface area (Å²) in [6.07, 6.45) is 0.508. The van der Waals surface area contributed by atoms with Crippen molar-refractivity contribution in [2.45, 2.75) is 39.2 Å². The summed E-state index contributed by atoms with van der Waals surface area (Å²) in [4.78, 5) is 33.7. The van der Waals surface area contributed by atoms with E-state index in [1.54, 1.807) is 0 Å². The van der Waals surface area contributed by atoms with Crippen LogP contribution >= 0.6 is 11.6 Å². The number of esters is 1. The van der Waals surface area contributed by atoms with E-state index in [2.05, 4.69) is 15.0 Å². The van der Waals surface area contributed by atoms with Gasteiger partial charge in [0.2, 0.25) is 0 Å². The number of hydrogen-bond acceptors (Lipinski definition) is 5. The van der Waals surface area contributed by atoms with Crippen LogP contribution in [-0.2, 0) is 9.53 Å². The quantitative estimate of drug-likeness (QED) is 0.471. The Morgan fingerprint density at radius 2 is 1.97 bits per heavy atom. The summed E-state index contributed by atoms with van der Waals surface area (Å²) < 4.78 is 32.7. The van der Waals surface area contributed by atoms with Gasteiger partial charge in [-0.1, -0.05) is 38.4 Å². The van der Waals surface area contributed by atoms with Crippen molar-refractivity contribution >= 4 is 28.7 Å². The SMILES string of the molecule is CC[C@H](COC(=O)[C@@H](N)C(C)C)c1nc2[nH]c(=O)[nH]c2c(-c2ccc(F)c(F)c2)c1Cl. The largest absolute Gasteiger partial charge is 0.464 e. The summed E-state index contributed by atoms with van der Waals surface area (Å²) in [6.45, 7) is 5.46. The van der Waals surface area contributed by atoms with Gasteiger partial charge in [0.15, 0.2) is 17.3 Å². The number of carbonyl (C=O) groups excluding carboxylic acids is 1. The van der Waals surface area contributed by atoms with E-state index in [0.717, 1.165) is 12.1 Å². The topological polar surface area (TPSA) is 114 Å². The zero-order chi connectivity index (χ0) is 22.9. The lowest BCUT2D eigenvalue weighted by atomic mass is 9.97. The molecule has 0 saturated heterocycles. The van der Waals surface area contributed by atoms with Crippen molar-refractivity contribution < 1.29 is 18.3 Å². The molecule has 0 spiro atoms. The molecule has 2 atom stereocenters. The molecule has 3 rings (SSSR count). The Morgan fingerprint density at radius 1 is 1.26 bits per heavy atom. The summed E-state index contributed by atoms with van der Waals surface area (Å²) in [5.41, 5.74) is 6.69. The minimum atomic E-state index is -1.05. The molecule has 1 aromatic carbocycles. The van der Waals surface area contributed by atoms with Crippen molar-refractivity contribution in [1.29, 1.82) is 0 Å². The number of hydrogen-bond donors (Lipinski definition) is 3.